The normalized spacial score (nSPS) is 13.0. The van der Waals surface area contributed by atoms with Gasteiger partial charge in [0.15, 0.2) is 0 Å². The predicted octanol–water partition coefficient (Wildman–Crippen LogP) is 4.69. The minimum absolute atomic E-state index is 0. The third-order valence-electron chi connectivity index (χ3n) is 5.09. The number of carbonyl (C=O) groups is 1. The molecule has 0 atom stereocenters. The van der Waals surface area contributed by atoms with E-state index in [9.17, 15) is 4.79 Å². The number of halogens is 2. The number of nitrogens with zero attached hydrogens (tertiary/aromatic N) is 2. The van der Waals surface area contributed by atoms with E-state index in [2.05, 4.69) is 10.4 Å². The molecule has 2 aromatic carbocycles. The molecule has 1 aliphatic carbocycles. The van der Waals surface area contributed by atoms with Gasteiger partial charge in [0.2, 0.25) is 0 Å². The van der Waals surface area contributed by atoms with E-state index in [1.54, 1.807) is 6.20 Å². The number of amides is 1. The lowest BCUT2D eigenvalue weighted by atomic mass is 10.1. The van der Waals surface area contributed by atoms with E-state index in [-0.39, 0.29) is 18.3 Å². The van der Waals surface area contributed by atoms with Gasteiger partial charge in [-0.15, -0.1) is 12.4 Å². The van der Waals surface area contributed by atoms with Gasteiger partial charge in [0.25, 0.3) is 5.91 Å². The van der Waals surface area contributed by atoms with Crippen LogP contribution in [0.25, 0.3) is 5.69 Å². The van der Waals surface area contributed by atoms with E-state index < -0.39 is 0 Å². The van der Waals surface area contributed by atoms with Gasteiger partial charge in [-0.25, -0.2) is 4.68 Å². The SMILES string of the molecule is Cc1ccc(-n2ncc(C(=O)NCCc3ccc(N)cc3)c2C2CC2)cc1Cl.Cl. The van der Waals surface area contributed by atoms with Crippen molar-refractivity contribution in [1.82, 2.24) is 15.1 Å². The quantitative estimate of drug-likeness (QED) is 0.557. The van der Waals surface area contributed by atoms with Crippen LogP contribution in [-0.2, 0) is 6.42 Å². The molecule has 29 heavy (non-hydrogen) atoms. The van der Waals surface area contributed by atoms with E-state index in [1.807, 2.05) is 54.1 Å². The van der Waals surface area contributed by atoms with Gasteiger partial charge in [-0.2, -0.15) is 5.10 Å². The molecule has 5 nitrogen and oxygen atoms in total. The van der Waals surface area contributed by atoms with Crippen LogP contribution in [0.15, 0.2) is 48.7 Å². The molecule has 0 saturated heterocycles. The molecule has 0 radical (unpaired) electrons. The molecular formula is C22H24Cl2N4O. The van der Waals surface area contributed by atoms with Crippen molar-refractivity contribution in [2.24, 2.45) is 0 Å². The summed E-state index contributed by atoms with van der Waals surface area (Å²) in [6.45, 7) is 2.53. The molecule has 0 unspecified atom stereocenters. The molecule has 1 amide bonds. The minimum atomic E-state index is -0.0817. The van der Waals surface area contributed by atoms with Crippen LogP contribution in [0.1, 0.15) is 45.9 Å². The van der Waals surface area contributed by atoms with Crippen LogP contribution in [-0.4, -0.2) is 22.2 Å². The van der Waals surface area contributed by atoms with Crippen molar-refractivity contribution in [1.29, 1.82) is 0 Å². The van der Waals surface area contributed by atoms with Gasteiger partial charge in [-0.05, 0) is 61.6 Å². The van der Waals surface area contributed by atoms with Crippen molar-refractivity contribution in [3.8, 4) is 5.69 Å². The highest BCUT2D eigenvalue weighted by Gasteiger charge is 2.32. The first kappa shape index (κ1) is 21.2. The van der Waals surface area contributed by atoms with Crippen LogP contribution in [0.2, 0.25) is 5.02 Å². The summed E-state index contributed by atoms with van der Waals surface area (Å²) in [6.07, 6.45) is 4.58. The van der Waals surface area contributed by atoms with Crippen LogP contribution in [0, 0.1) is 6.92 Å². The van der Waals surface area contributed by atoms with E-state index >= 15 is 0 Å². The third-order valence-corrected chi connectivity index (χ3v) is 5.50. The lowest BCUT2D eigenvalue weighted by Crippen LogP contribution is -2.26. The highest BCUT2D eigenvalue weighted by Crippen LogP contribution is 2.42. The second-order valence-corrected chi connectivity index (χ2v) is 7.72. The Morgan fingerprint density at radius 3 is 2.62 bits per heavy atom. The van der Waals surface area contributed by atoms with E-state index in [4.69, 9.17) is 17.3 Å². The lowest BCUT2D eigenvalue weighted by molar-refractivity contribution is 0.0953. The van der Waals surface area contributed by atoms with Gasteiger partial charge in [0.1, 0.15) is 0 Å². The first-order valence-electron chi connectivity index (χ1n) is 9.50. The standard InChI is InChI=1S/C22H23ClN4O.ClH/c1-14-2-9-18(12-20(14)23)27-21(16-5-6-16)19(13-26-27)22(28)25-11-10-15-3-7-17(24)8-4-15;/h2-4,7-9,12-13,16H,5-6,10-11,24H2,1H3,(H,25,28);1H. The predicted molar refractivity (Wildman–Crippen MR) is 119 cm³/mol. The number of nitrogens with one attached hydrogen (secondary N) is 1. The Hall–Kier alpha value is -2.50. The van der Waals surface area contributed by atoms with Crippen molar-refractivity contribution in [3.05, 3.63) is 76.1 Å². The average Bonchev–Trinajstić information content (AvgIpc) is 3.43. The molecule has 152 valence electrons. The molecule has 0 aliphatic heterocycles. The minimum Gasteiger partial charge on any atom is -0.399 e. The number of carbonyl (C=O) groups excluding carboxylic acids is 1. The van der Waals surface area contributed by atoms with Gasteiger partial charge in [0, 0.05) is 23.2 Å². The molecule has 3 N–H and O–H groups in total. The molecular weight excluding hydrogens is 407 g/mol. The van der Waals surface area contributed by atoms with Crippen molar-refractivity contribution >= 4 is 35.6 Å². The number of rotatable bonds is 6. The zero-order valence-corrected chi connectivity index (χ0v) is 17.8. The number of anilines is 1. The van der Waals surface area contributed by atoms with Crippen LogP contribution >= 0.6 is 24.0 Å². The van der Waals surface area contributed by atoms with Gasteiger partial charge >= 0.3 is 0 Å². The summed E-state index contributed by atoms with van der Waals surface area (Å²) in [5.74, 6) is 0.294. The van der Waals surface area contributed by atoms with E-state index in [0.29, 0.717) is 23.0 Å². The molecule has 1 aliphatic rings. The first-order chi connectivity index (χ1) is 13.5. The van der Waals surface area contributed by atoms with Crippen LogP contribution < -0.4 is 11.1 Å². The summed E-state index contributed by atoms with van der Waals surface area (Å²) >= 11 is 6.29. The molecule has 1 aromatic heterocycles. The number of nitrogen functional groups attached to an aromatic ring is 1. The van der Waals surface area contributed by atoms with Gasteiger partial charge in [-0.3, -0.25) is 4.79 Å². The van der Waals surface area contributed by atoms with Crippen LogP contribution in [0.5, 0.6) is 0 Å². The summed E-state index contributed by atoms with van der Waals surface area (Å²) < 4.78 is 1.86. The largest absolute Gasteiger partial charge is 0.399 e. The van der Waals surface area contributed by atoms with Crippen molar-refractivity contribution in [2.45, 2.75) is 32.1 Å². The molecule has 3 aromatic rings. The average molecular weight is 431 g/mol. The first-order valence-corrected chi connectivity index (χ1v) is 9.88. The van der Waals surface area contributed by atoms with Crippen molar-refractivity contribution < 1.29 is 4.79 Å². The summed E-state index contributed by atoms with van der Waals surface area (Å²) in [4.78, 5) is 12.8. The maximum absolute atomic E-state index is 12.8. The van der Waals surface area contributed by atoms with Crippen LogP contribution in [0.3, 0.4) is 0 Å². The van der Waals surface area contributed by atoms with Crippen molar-refractivity contribution in [2.75, 3.05) is 12.3 Å². The molecule has 4 rings (SSSR count). The third kappa shape index (κ3) is 4.74. The zero-order chi connectivity index (χ0) is 19.7. The van der Waals surface area contributed by atoms with Crippen molar-refractivity contribution in [3.63, 3.8) is 0 Å². The molecule has 1 heterocycles. The fourth-order valence-corrected chi connectivity index (χ4v) is 3.48. The highest BCUT2D eigenvalue weighted by atomic mass is 35.5. The zero-order valence-electron chi connectivity index (χ0n) is 16.2. The Morgan fingerprint density at radius 1 is 1.24 bits per heavy atom. The molecule has 1 saturated carbocycles. The maximum atomic E-state index is 12.8. The maximum Gasteiger partial charge on any atom is 0.254 e. The lowest BCUT2D eigenvalue weighted by Gasteiger charge is -2.11. The number of nitrogens with two attached hydrogens (primary N) is 1. The molecule has 0 bridgehead atoms. The molecule has 1 fully saturated rings. The van der Waals surface area contributed by atoms with E-state index in [1.165, 1.54) is 0 Å². The summed E-state index contributed by atoms with van der Waals surface area (Å²) in [5.41, 5.74) is 11.1. The monoisotopic (exact) mass is 430 g/mol. The Balaban J connectivity index is 0.00000240. The summed E-state index contributed by atoms with van der Waals surface area (Å²) in [7, 11) is 0. The topological polar surface area (TPSA) is 72.9 Å². The Morgan fingerprint density at radius 2 is 1.97 bits per heavy atom. The molecule has 0 spiro atoms. The Kier molecular flexibility index (Phi) is 6.50. The fourth-order valence-electron chi connectivity index (χ4n) is 3.30. The number of aromatic nitrogens is 2. The van der Waals surface area contributed by atoms with Gasteiger partial charge in [-0.1, -0.05) is 29.8 Å². The highest BCUT2D eigenvalue weighted by molar-refractivity contribution is 6.31. The molecule has 7 heteroatoms. The van der Waals surface area contributed by atoms with Gasteiger partial charge < -0.3 is 11.1 Å². The fraction of sp³-hybridized carbons (Fsp3) is 0.273. The smallest absolute Gasteiger partial charge is 0.254 e. The number of hydrogen-bond donors (Lipinski definition) is 2. The van der Waals surface area contributed by atoms with E-state index in [0.717, 1.165) is 47.5 Å². The Bertz CT molecular complexity index is 1010. The second-order valence-electron chi connectivity index (χ2n) is 7.31. The Labute approximate surface area is 181 Å². The number of benzene rings is 2. The second kappa shape index (κ2) is 8.89. The summed E-state index contributed by atoms with van der Waals surface area (Å²) in [5, 5.41) is 8.22. The van der Waals surface area contributed by atoms with Crippen LogP contribution in [0.4, 0.5) is 5.69 Å². The number of aryl methyl sites for hydroxylation is 1. The number of hydrogen-bond acceptors (Lipinski definition) is 3. The summed E-state index contributed by atoms with van der Waals surface area (Å²) in [6, 6.07) is 13.6. The van der Waals surface area contributed by atoms with Gasteiger partial charge in [0.05, 0.1) is 23.1 Å².